The van der Waals surface area contributed by atoms with E-state index in [1.54, 1.807) is 0 Å². The maximum absolute atomic E-state index is 10.7. The van der Waals surface area contributed by atoms with Gasteiger partial charge in [-0.2, -0.15) is 0 Å². The van der Waals surface area contributed by atoms with Crippen molar-refractivity contribution >= 4 is 17.8 Å². The largest absolute Gasteiger partial charge is 0.487 e. The zero-order chi connectivity index (χ0) is 22.5. The van der Waals surface area contributed by atoms with Gasteiger partial charge in [-0.15, -0.1) is 0 Å². The Morgan fingerprint density at radius 1 is 0.938 bits per heavy atom. The van der Waals surface area contributed by atoms with E-state index in [2.05, 4.69) is 69.4 Å². The number of carbonyl (C=O) groups is 1. The molecule has 2 aliphatic rings. The average Bonchev–Trinajstić information content (AvgIpc) is 3.09. The summed E-state index contributed by atoms with van der Waals surface area (Å²) >= 11 is 0. The first-order valence-electron chi connectivity index (χ1n) is 11.1. The van der Waals surface area contributed by atoms with Gasteiger partial charge in [-0.05, 0) is 54.8 Å². The van der Waals surface area contributed by atoms with Gasteiger partial charge in [0, 0.05) is 40.8 Å². The van der Waals surface area contributed by atoms with Crippen molar-refractivity contribution in [2.24, 2.45) is 4.99 Å². The molecule has 5 rings (SSSR count). The lowest BCUT2D eigenvalue weighted by molar-refractivity contribution is -0.105. The molecule has 2 aliphatic heterocycles. The van der Waals surface area contributed by atoms with Crippen LogP contribution in [-0.2, 0) is 16.6 Å². The SMILES string of the molecule is CC1(C)Cc2c(ccc3c2C(c2cccc(-c4ccc(NC=O)cc4)c2)=NCC3(C)C)O1. The number of rotatable bonds is 4. The molecule has 162 valence electrons. The third kappa shape index (κ3) is 3.50. The first-order chi connectivity index (χ1) is 15.3. The van der Waals surface area contributed by atoms with Crippen LogP contribution >= 0.6 is 0 Å². The van der Waals surface area contributed by atoms with E-state index in [1.807, 2.05) is 24.3 Å². The minimum absolute atomic E-state index is 0.0143. The first-order valence-corrected chi connectivity index (χ1v) is 11.1. The van der Waals surface area contributed by atoms with Crippen molar-refractivity contribution < 1.29 is 9.53 Å². The predicted molar refractivity (Wildman–Crippen MR) is 130 cm³/mol. The fourth-order valence-electron chi connectivity index (χ4n) is 4.84. The van der Waals surface area contributed by atoms with Gasteiger partial charge in [-0.25, -0.2) is 0 Å². The third-order valence-electron chi connectivity index (χ3n) is 6.44. The summed E-state index contributed by atoms with van der Waals surface area (Å²) in [7, 11) is 0. The van der Waals surface area contributed by atoms with Crippen molar-refractivity contribution in [1.82, 2.24) is 0 Å². The van der Waals surface area contributed by atoms with Gasteiger partial charge >= 0.3 is 0 Å². The van der Waals surface area contributed by atoms with E-state index in [0.29, 0.717) is 6.41 Å². The van der Waals surface area contributed by atoms with Gasteiger partial charge in [0.05, 0.1) is 5.71 Å². The van der Waals surface area contributed by atoms with E-state index < -0.39 is 0 Å². The second-order valence-electron chi connectivity index (χ2n) is 9.97. The number of amides is 1. The standard InChI is InChI=1S/C28H28N2O2/c1-27(2)16-29-26(25-22-15-28(3,4)32-24(22)13-12-23(25)27)20-7-5-6-19(14-20)18-8-10-21(11-9-18)30-17-31/h5-14,17H,15-16H2,1-4H3,(H,30,31). The molecule has 0 fully saturated rings. The van der Waals surface area contributed by atoms with Crippen LogP contribution in [0.5, 0.6) is 5.75 Å². The minimum atomic E-state index is -0.205. The second kappa shape index (κ2) is 7.33. The van der Waals surface area contributed by atoms with Crippen molar-refractivity contribution in [2.45, 2.75) is 45.1 Å². The first kappa shape index (κ1) is 20.5. The van der Waals surface area contributed by atoms with E-state index in [1.165, 1.54) is 16.7 Å². The Labute approximate surface area is 189 Å². The molecule has 0 radical (unpaired) electrons. The normalized spacial score (nSPS) is 17.6. The summed E-state index contributed by atoms with van der Waals surface area (Å²) in [6.07, 6.45) is 1.57. The van der Waals surface area contributed by atoms with E-state index in [-0.39, 0.29) is 11.0 Å². The molecule has 0 aromatic heterocycles. The highest BCUT2D eigenvalue weighted by atomic mass is 16.5. The second-order valence-corrected chi connectivity index (χ2v) is 9.97. The molecule has 0 saturated carbocycles. The van der Waals surface area contributed by atoms with Gasteiger partial charge in [-0.1, -0.05) is 50.2 Å². The highest BCUT2D eigenvalue weighted by Gasteiger charge is 2.38. The lowest BCUT2D eigenvalue weighted by Gasteiger charge is -2.32. The molecular formula is C28H28N2O2. The maximum Gasteiger partial charge on any atom is 0.211 e. The molecule has 4 nitrogen and oxygen atoms in total. The number of ether oxygens (including phenoxy) is 1. The van der Waals surface area contributed by atoms with Crippen LogP contribution in [0.4, 0.5) is 5.69 Å². The molecular weight excluding hydrogens is 396 g/mol. The smallest absolute Gasteiger partial charge is 0.211 e. The number of fused-ring (bicyclic) bond motifs is 3. The van der Waals surface area contributed by atoms with Crippen LogP contribution in [0.25, 0.3) is 11.1 Å². The zero-order valence-corrected chi connectivity index (χ0v) is 19.0. The highest BCUT2D eigenvalue weighted by Crippen LogP contribution is 2.44. The number of hydrogen-bond donors (Lipinski definition) is 1. The van der Waals surface area contributed by atoms with Crippen LogP contribution in [0, 0.1) is 0 Å². The number of nitrogens with one attached hydrogen (secondary N) is 1. The van der Waals surface area contributed by atoms with Crippen LogP contribution in [-0.4, -0.2) is 24.3 Å². The average molecular weight is 425 g/mol. The molecule has 2 heterocycles. The number of carbonyl (C=O) groups excluding carboxylic acids is 1. The number of nitrogens with zero attached hydrogens (tertiary/aromatic N) is 1. The van der Waals surface area contributed by atoms with Crippen LogP contribution in [0.3, 0.4) is 0 Å². The van der Waals surface area contributed by atoms with Gasteiger partial charge < -0.3 is 10.1 Å². The summed E-state index contributed by atoms with van der Waals surface area (Å²) in [5.41, 5.74) is 8.82. The fraction of sp³-hybridized carbons (Fsp3) is 0.286. The summed E-state index contributed by atoms with van der Waals surface area (Å²) in [5.74, 6) is 0.980. The van der Waals surface area contributed by atoms with Crippen LogP contribution in [0.1, 0.15) is 49.9 Å². The molecule has 3 aromatic rings. The number of aliphatic imine (C=N–C) groups is 1. The molecule has 0 atom stereocenters. The summed E-state index contributed by atoms with van der Waals surface area (Å²) in [5, 5.41) is 2.69. The Hall–Kier alpha value is -3.40. The third-order valence-corrected chi connectivity index (χ3v) is 6.44. The van der Waals surface area contributed by atoms with Gasteiger partial charge in [0.2, 0.25) is 6.41 Å². The van der Waals surface area contributed by atoms with Crippen LogP contribution in [0.2, 0.25) is 0 Å². The van der Waals surface area contributed by atoms with Crippen molar-refractivity contribution in [3.63, 3.8) is 0 Å². The van der Waals surface area contributed by atoms with Gasteiger partial charge in [-0.3, -0.25) is 9.79 Å². The van der Waals surface area contributed by atoms with Crippen molar-refractivity contribution in [1.29, 1.82) is 0 Å². The molecule has 1 N–H and O–H groups in total. The van der Waals surface area contributed by atoms with Crippen molar-refractivity contribution in [2.75, 3.05) is 11.9 Å². The van der Waals surface area contributed by atoms with E-state index >= 15 is 0 Å². The lowest BCUT2D eigenvalue weighted by Crippen LogP contribution is -2.31. The lowest BCUT2D eigenvalue weighted by atomic mass is 9.75. The minimum Gasteiger partial charge on any atom is -0.487 e. The van der Waals surface area contributed by atoms with Crippen molar-refractivity contribution in [3.05, 3.63) is 82.9 Å². The molecule has 1 amide bonds. The summed E-state index contributed by atoms with van der Waals surface area (Å²) < 4.78 is 6.25. The number of benzene rings is 3. The zero-order valence-electron chi connectivity index (χ0n) is 19.0. The van der Waals surface area contributed by atoms with Gasteiger partial charge in [0.25, 0.3) is 0 Å². The predicted octanol–water partition coefficient (Wildman–Crippen LogP) is 5.76. The summed E-state index contributed by atoms with van der Waals surface area (Å²) in [4.78, 5) is 15.8. The van der Waals surface area contributed by atoms with Gasteiger partial charge in [0.1, 0.15) is 11.4 Å². The Bertz CT molecular complexity index is 1240. The topological polar surface area (TPSA) is 50.7 Å². The van der Waals surface area contributed by atoms with E-state index in [9.17, 15) is 4.79 Å². The molecule has 0 unspecified atom stereocenters. The quantitative estimate of drug-likeness (QED) is 0.541. The molecule has 0 bridgehead atoms. The Morgan fingerprint density at radius 3 is 2.44 bits per heavy atom. The van der Waals surface area contributed by atoms with Gasteiger partial charge in [0.15, 0.2) is 0 Å². The molecule has 0 saturated heterocycles. The molecule has 0 spiro atoms. The summed E-state index contributed by atoms with van der Waals surface area (Å²) in [6, 6.07) is 20.8. The number of anilines is 1. The highest BCUT2D eigenvalue weighted by molar-refractivity contribution is 6.16. The molecule has 4 heteroatoms. The Kier molecular flexibility index (Phi) is 4.70. The molecule has 32 heavy (non-hydrogen) atoms. The van der Waals surface area contributed by atoms with Crippen LogP contribution < -0.4 is 10.1 Å². The summed E-state index contributed by atoms with van der Waals surface area (Å²) in [6.45, 7) is 9.59. The Balaban J connectivity index is 1.60. The van der Waals surface area contributed by atoms with Crippen LogP contribution in [0.15, 0.2) is 65.7 Å². The Morgan fingerprint density at radius 2 is 1.69 bits per heavy atom. The van der Waals surface area contributed by atoms with Crippen molar-refractivity contribution in [3.8, 4) is 16.9 Å². The van der Waals surface area contributed by atoms with E-state index in [0.717, 1.165) is 46.8 Å². The van der Waals surface area contributed by atoms with E-state index in [4.69, 9.17) is 9.73 Å². The molecule has 3 aromatic carbocycles. The maximum atomic E-state index is 10.7. The fourth-order valence-corrected chi connectivity index (χ4v) is 4.84. The molecule has 0 aliphatic carbocycles. The number of hydrogen-bond acceptors (Lipinski definition) is 3. The monoisotopic (exact) mass is 424 g/mol.